The van der Waals surface area contributed by atoms with E-state index in [-0.39, 0.29) is 11.7 Å². The zero-order chi connectivity index (χ0) is 19.8. The Morgan fingerprint density at radius 3 is 2.64 bits per heavy atom. The second kappa shape index (κ2) is 7.13. The van der Waals surface area contributed by atoms with Gasteiger partial charge in [-0.1, -0.05) is 40.9 Å². The summed E-state index contributed by atoms with van der Waals surface area (Å²) in [7, 11) is 4.06. The van der Waals surface area contributed by atoms with Gasteiger partial charge in [-0.15, -0.1) is 0 Å². The van der Waals surface area contributed by atoms with Gasteiger partial charge < -0.3 is 20.5 Å². The first-order valence-corrected chi connectivity index (χ1v) is 9.34. The first-order valence-electron chi connectivity index (χ1n) is 9.34. The maximum absolute atomic E-state index is 9.92. The van der Waals surface area contributed by atoms with Crippen molar-refractivity contribution in [3.63, 3.8) is 0 Å². The van der Waals surface area contributed by atoms with Gasteiger partial charge in [0.15, 0.2) is 0 Å². The quantitative estimate of drug-likeness (QED) is 0.535. The molecule has 144 valence electrons. The fraction of sp³-hybridized carbons (Fsp3) is 0.273. The first-order chi connectivity index (χ1) is 13.4. The van der Waals surface area contributed by atoms with E-state index in [1.54, 1.807) is 18.5 Å². The third-order valence-electron chi connectivity index (χ3n) is 5.13. The molecule has 1 aliphatic rings. The fourth-order valence-corrected chi connectivity index (χ4v) is 3.57. The minimum absolute atomic E-state index is 0.112. The Balaban J connectivity index is 1.89. The summed E-state index contributed by atoms with van der Waals surface area (Å²) in [6.45, 7) is 3.66. The molecule has 0 spiro atoms. The van der Waals surface area contributed by atoms with Crippen molar-refractivity contribution < 1.29 is 14.4 Å². The number of ether oxygens (including phenoxy) is 1. The van der Waals surface area contributed by atoms with Crippen molar-refractivity contribution in [3.05, 3.63) is 71.0 Å². The highest BCUT2D eigenvalue weighted by Gasteiger charge is 2.36. The van der Waals surface area contributed by atoms with Gasteiger partial charge in [0.1, 0.15) is 17.1 Å². The molecular formula is C22H25N4O2+. The molecule has 1 aliphatic heterocycles. The summed E-state index contributed by atoms with van der Waals surface area (Å²) >= 11 is 0. The summed E-state index contributed by atoms with van der Waals surface area (Å²) in [5.74, 6) is 1.79. The lowest BCUT2D eigenvalue weighted by Gasteiger charge is -2.27. The summed E-state index contributed by atoms with van der Waals surface area (Å²) in [5, 5.41) is 9.92. The Hall–Kier alpha value is -3.12. The maximum Gasteiger partial charge on any atom is 0.306 e. The van der Waals surface area contributed by atoms with Gasteiger partial charge in [0.2, 0.25) is 12.1 Å². The molecule has 6 nitrogen and oxygen atoms in total. The summed E-state index contributed by atoms with van der Waals surface area (Å²) < 4.78 is 7.99. The number of phenols is 1. The van der Waals surface area contributed by atoms with Gasteiger partial charge in [-0.3, -0.25) is 0 Å². The van der Waals surface area contributed by atoms with Crippen molar-refractivity contribution >= 4 is 5.82 Å². The zero-order valence-corrected chi connectivity index (χ0v) is 16.4. The second-order valence-electron chi connectivity index (χ2n) is 7.51. The smallest absolute Gasteiger partial charge is 0.306 e. The molecule has 3 N–H and O–H groups in total. The second-order valence-corrected chi connectivity index (χ2v) is 7.51. The van der Waals surface area contributed by atoms with Gasteiger partial charge in [0.25, 0.3) is 0 Å². The number of nitrogen functional groups attached to an aromatic ring is 1. The molecule has 1 atom stereocenters. The van der Waals surface area contributed by atoms with E-state index in [1.807, 2.05) is 24.7 Å². The standard InChI is InChI=1S/C22H24N4O2/c1-14-4-6-15(7-5-14)19-17-9-8-16(27)12-18(17)28-22-20(19)21(23)26(13-24-22)11-10-25(2)3/h4-9,12-13,19,23,27H,10-11H2,1-3H3/p+1/t19-/m0/s1. The van der Waals surface area contributed by atoms with Crippen LogP contribution in [0.5, 0.6) is 17.4 Å². The highest BCUT2D eigenvalue weighted by atomic mass is 16.5. The van der Waals surface area contributed by atoms with Crippen LogP contribution in [0.2, 0.25) is 0 Å². The van der Waals surface area contributed by atoms with Crippen LogP contribution < -0.4 is 15.0 Å². The van der Waals surface area contributed by atoms with Crippen molar-refractivity contribution in [2.24, 2.45) is 0 Å². The van der Waals surface area contributed by atoms with Crippen LogP contribution in [0.4, 0.5) is 5.82 Å². The van der Waals surface area contributed by atoms with E-state index < -0.39 is 0 Å². The van der Waals surface area contributed by atoms with Gasteiger partial charge in [-0.2, -0.15) is 0 Å². The van der Waals surface area contributed by atoms with Crippen LogP contribution in [0, 0.1) is 6.92 Å². The van der Waals surface area contributed by atoms with E-state index in [0.29, 0.717) is 17.4 Å². The van der Waals surface area contributed by atoms with Crippen LogP contribution >= 0.6 is 0 Å². The number of aromatic nitrogens is 2. The van der Waals surface area contributed by atoms with E-state index in [4.69, 9.17) is 10.5 Å². The predicted octanol–water partition coefficient (Wildman–Crippen LogP) is 2.81. The lowest BCUT2D eigenvalue weighted by atomic mass is 9.83. The van der Waals surface area contributed by atoms with Crippen molar-refractivity contribution in [1.29, 1.82) is 0 Å². The Morgan fingerprint density at radius 1 is 1.18 bits per heavy atom. The van der Waals surface area contributed by atoms with E-state index in [1.165, 1.54) is 5.56 Å². The van der Waals surface area contributed by atoms with Crippen LogP contribution in [0.15, 0.2) is 48.8 Å². The normalized spacial score (nSPS) is 15.1. The molecule has 2 heterocycles. The van der Waals surface area contributed by atoms with Gasteiger partial charge >= 0.3 is 5.88 Å². The summed E-state index contributed by atoms with van der Waals surface area (Å²) in [4.78, 5) is 6.65. The van der Waals surface area contributed by atoms with Gasteiger partial charge in [0.05, 0.1) is 12.5 Å². The van der Waals surface area contributed by atoms with E-state index >= 15 is 0 Å². The van der Waals surface area contributed by atoms with E-state index in [0.717, 1.165) is 29.8 Å². The molecule has 0 amide bonds. The fourth-order valence-electron chi connectivity index (χ4n) is 3.57. The minimum Gasteiger partial charge on any atom is -0.508 e. The molecule has 0 saturated carbocycles. The van der Waals surface area contributed by atoms with Crippen molar-refractivity contribution in [2.75, 3.05) is 26.4 Å². The average Bonchev–Trinajstić information content (AvgIpc) is 2.66. The topological polar surface area (TPSA) is 75.5 Å². The number of phenolic OH excluding ortho intramolecular Hbond substituents is 1. The van der Waals surface area contributed by atoms with E-state index in [2.05, 4.69) is 41.1 Å². The Bertz CT molecular complexity index is 1020. The molecule has 1 aromatic heterocycles. The Labute approximate surface area is 164 Å². The zero-order valence-electron chi connectivity index (χ0n) is 16.4. The molecule has 0 saturated heterocycles. The van der Waals surface area contributed by atoms with Crippen LogP contribution in [-0.4, -0.2) is 35.6 Å². The molecule has 28 heavy (non-hydrogen) atoms. The van der Waals surface area contributed by atoms with Gasteiger partial charge in [-0.05, 0) is 32.6 Å². The number of nitrogens with two attached hydrogens (primary N) is 1. The van der Waals surface area contributed by atoms with Crippen molar-refractivity contribution in [1.82, 2.24) is 9.88 Å². The number of aromatic hydroxyl groups is 1. The van der Waals surface area contributed by atoms with Crippen LogP contribution in [0.25, 0.3) is 0 Å². The number of benzene rings is 2. The van der Waals surface area contributed by atoms with E-state index in [9.17, 15) is 5.11 Å². The number of likely N-dealkylation sites (N-methyl/N-ethyl adjacent to an activating group) is 1. The average molecular weight is 377 g/mol. The lowest BCUT2D eigenvalue weighted by Crippen LogP contribution is -2.43. The summed E-state index contributed by atoms with van der Waals surface area (Å²) in [6, 6.07) is 13.6. The highest BCUT2D eigenvalue weighted by molar-refractivity contribution is 5.62. The molecule has 3 aromatic rings. The SMILES string of the molecule is Cc1ccc([C@H]2c3ccc(O)cc3Oc3nc[n+](CCN(C)C)c(N)c32)cc1. The molecule has 4 rings (SSSR count). The van der Waals surface area contributed by atoms with Crippen LogP contribution in [-0.2, 0) is 6.54 Å². The number of hydrogen-bond donors (Lipinski definition) is 2. The van der Waals surface area contributed by atoms with Gasteiger partial charge in [0, 0.05) is 18.2 Å². The lowest BCUT2D eigenvalue weighted by molar-refractivity contribution is -0.685. The monoisotopic (exact) mass is 377 g/mol. The molecule has 0 radical (unpaired) electrons. The Kier molecular flexibility index (Phi) is 4.65. The third-order valence-corrected chi connectivity index (χ3v) is 5.13. The number of hydrogen-bond acceptors (Lipinski definition) is 5. The molecule has 0 unspecified atom stereocenters. The largest absolute Gasteiger partial charge is 0.508 e. The summed E-state index contributed by atoms with van der Waals surface area (Å²) in [6.07, 6.45) is 1.72. The van der Waals surface area contributed by atoms with Gasteiger partial charge in [-0.25, -0.2) is 4.57 Å². The minimum atomic E-state index is -0.112. The first kappa shape index (κ1) is 18.3. The molecular weight excluding hydrogens is 352 g/mol. The molecule has 0 aliphatic carbocycles. The number of fused-ring (bicyclic) bond motifs is 2. The number of anilines is 1. The molecule has 0 bridgehead atoms. The summed E-state index contributed by atoms with van der Waals surface area (Å²) in [5.41, 5.74) is 10.7. The maximum atomic E-state index is 9.92. The third kappa shape index (κ3) is 3.27. The van der Waals surface area contributed by atoms with Crippen molar-refractivity contribution in [2.45, 2.75) is 19.4 Å². The number of rotatable bonds is 4. The predicted molar refractivity (Wildman–Crippen MR) is 108 cm³/mol. The molecule has 6 heteroatoms. The molecule has 2 aromatic carbocycles. The number of aryl methyl sites for hydroxylation is 1. The highest BCUT2D eigenvalue weighted by Crippen LogP contribution is 2.48. The van der Waals surface area contributed by atoms with Crippen molar-refractivity contribution in [3.8, 4) is 17.4 Å². The Morgan fingerprint density at radius 2 is 1.93 bits per heavy atom. The molecule has 0 fully saturated rings. The van der Waals surface area contributed by atoms with Crippen LogP contribution in [0.1, 0.15) is 28.2 Å². The van der Waals surface area contributed by atoms with Crippen LogP contribution in [0.3, 0.4) is 0 Å². The number of nitrogens with zero attached hydrogens (tertiary/aromatic N) is 3.